The van der Waals surface area contributed by atoms with Gasteiger partial charge in [-0.1, -0.05) is 41.5 Å². The van der Waals surface area contributed by atoms with Gasteiger partial charge in [-0.05, 0) is 19.4 Å². The van der Waals surface area contributed by atoms with Crippen LogP contribution in [0.15, 0.2) is 11.9 Å². The average Bonchev–Trinajstić information content (AvgIpc) is 2.35. The molecule has 19 heavy (non-hydrogen) atoms. The number of nitrogens with one attached hydrogen (secondary N) is 2. The smallest absolute Gasteiger partial charge is 0.157 e. The first kappa shape index (κ1) is 20.3. The van der Waals surface area contributed by atoms with Crippen molar-refractivity contribution < 1.29 is 4.79 Å². The molecule has 0 aromatic carbocycles. The monoisotopic (exact) mass is 271 g/mol. The van der Waals surface area contributed by atoms with Gasteiger partial charge in [0.1, 0.15) is 0 Å². The number of carbonyl (C=O) groups excluding carboxylic acids is 1. The van der Waals surface area contributed by atoms with Crippen molar-refractivity contribution in [2.45, 2.75) is 54.0 Å². The van der Waals surface area contributed by atoms with E-state index < -0.39 is 0 Å². The molecular weight excluding hydrogens is 238 g/mol. The van der Waals surface area contributed by atoms with Crippen LogP contribution in [-0.2, 0) is 4.79 Å². The van der Waals surface area contributed by atoms with Gasteiger partial charge in [0.25, 0.3) is 0 Å². The number of hydrogen-bond donors (Lipinski definition) is 3. The standard InChI is InChI=1S/C13H27N3O.C2H6/c1-9(2)6-12(13(17)10(3)4)16-8-11(14)7-15-5;1-2/h8-10,12,15-16H,6-7,14H2,1-5H3;1-2H3/b11-8-;/t12-;/m0./s1. The second-order valence-electron chi connectivity index (χ2n) is 5.16. The largest absolute Gasteiger partial charge is 0.400 e. The molecule has 0 saturated carbocycles. The lowest BCUT2D eigenvalue weighted by Gasteiger charge is -2.20. The van der Waals surface area contributed by atoms with E-state index in [4.69, 9.17) is 5.73 Å². The third-order valence-electron chi connectivity index (χ3n) is 2.47. The second kappa shape index (κ2) is 12.0. The molecule has 0 fully saturated rings. The molecule has 0 aromatic heterocycles. The van der Waals surface area contributed by atoms with Gasteiger partial charge in [-0.15, -0.1) is 0 Å². The Morgan fingerprint density at radius 3 is 2.11 bits per heavy atom. The van der Waals surface area contributed by atoms with Gasteiger partial charge in [0.05, 0.1) is 6.04 Å². The molecule has 0 spiro atoms. The molecule has 0 aliphatic heterocycles. The minimum absolute atomic E-state index is 0.0465. The first-order chi connectivity index (χ1) is 8.88. The first-order valence-corrected chi connectivity index (χ1v) is 7.27. The summed E-state index contributed by atoms with van der Waals surface area (Å²) in [6.07, 6.45) is 2.57. The van der Waals surface area contributed by atoms with Gasteiger partial charge < -0.3 is 16.4 Å². The Hall–Kier alpha value is -1.03. The van der Waals surface area contributed by atoms with E-state index in [2.05, 4.69) is 24.5 Å². The van der Waals surface area contributed by atoms with Crippen molar-refractivity contribution in [1.82, 2.24) is 10.6 Å². The molecule has 0 aromatic rings. The van der Waals surface area contributed by atoms with E-state index in [0.717, 1.165) is 6.42 Å². The van der Waals surface area contributed by atoms with Crippen LogP contribution in [0, 0.1) is 11.8 Å². The predicted octanol–water partition coefficient (Wildman–Crippen LogP) is 2.26. The van der Waals surface area contributed by atoms with Crippen LogP contribution in [0.4, 0.5) is 0 Å². The second-order valence-corrected chi connectivity index (χ2v) is 5.16. The third-order valence-corrected chi connectivity index (χ3v) is 2.47. The van der Waals surface area contributed by atoms with Crippen LogP contribution in [0.1, 0.15) is 48.0 Å². The molecule has 0 saturated heterocycles. The fourth-order valence-corrected chi connectivity index (χ4v) is 1.60. The average molecular weight is 271 g/mol. The lowest BCUT2D eigenvalue weighted by molar-refractivity contribution is -0.124. The van der Waals surface area contributed by atoms with Crippen LogP contribution in [0.3, 0.4) is 0 Å². The molecule has 0 rings (SSSR count). The molecule has 4 nitrogen and oxygen atoms in total. The van der Waals surface area contributed by atoms with Crippen molar-refractivity contribution in [3.8, 4) is 0 Å². The summed E-state index contributed by atoms with van der Waals surface area (Å²) in [5, 5.41) is 6.11. The maximum absolute atomic E-state index is 12.0. The number of nitrogens with two attached hydrogens (primary N) is 1. The molecule has 0 aliphatic rings. The van der Waals surface area contributed by atoms with Gasteiger partial charge in [-0.3, -0.25) is 4.79 Å². The van der Waals surface area contributed by atoms with E-state index in [1.54, 1.807) is 6.20 Å². The van der Waals surface area contributed by atoms with E-state index in [-0.39, 0.29) is 17.7 Å². The van der Waals surface area contributed by atoms with Crippen LogP contribution < -0.4 is 16.4 Å². The normalized spacial score (nSPS) is 13.0. The number of carbonyl (C=O) groups is 1. The Morgan fingerprint density at radius 1 is 1.21 bits per heavy atom. The molecule has 1 atom stereocenters. The van der Waals surface area contributed by atoms with Crippen LogP contribution in [0.25, 0.3) is 0 Å². The molecule has 0 heterocycles. The van der Waals surface area contributed by atoms with Gasteiger partial charge >= 0.3 is 0 Å². The Kier molecular flexibility index (Phi) is 12.8. The zero-order chi connectivity index (χ0) is 15.4. The summed E-state index contributed by atoms with van der Waals surface area (Å²) in [5.74, 6) is 0.770. The zero-order valence-electron chi connectivity index (χ0n) is 13.7. The van der Waals surface area contributed by atoms with E-state index in [9.17, 15) is 4.79 Å². The van der Waals surface area contributed by atoms with Crippen LogP contribution in [-0.4, -0.2) is 25.4 Å². The molecule has 4 N–H and O–H groups in total. The quantitative estimate of drug-likeness (QED) is 0.633. The van der Waals surface area contributed by atoms with Crippen molar-refractivity contribution in [1.29, 1.82) is 0 Å². The van der Waals surface area contributed by atoms with E-state index in [1.807, 2.05) is 34.7 Å². The third kappa shape index (κ3) is 10.6. The number of Topliss-reactive ketones (excluding diaryl/α,β-unsaturated/α-hetero) is 1. The summed E-state index contributed by atoms with van der Waals surface area (Å²) in [5.41, 5.74) is 6.47. The number of likely N-dealkylation sites (N-methyl/N-ethyl adjacent to an activating group) is 1. The predicted molar refractivity (Wildman–Crippen MR) is 83.8 cm³/mol. The van der Waals surface area contributed by atoms with E-state index >= 15 is 0 Å². The lowest BCUT2D eigenvalue weighted by Crippen LogP contribution is -2.38. The summed E-state index contributed by atoms with van der Waals surface area (Å²) in [7, 11) is 1.84. The highest BCUT2D eigenvalue weighted by Crippen LogP contribution is 2.10. The lowest BCUT2D eigenvalue weighted by atomic mass is 9.94. The Bertz CT molecular complexity index is 260. The topological polar surface area (TPSA) is 67.2 Å². The molecule has 0 amide bonds. The van der Waals surface area contributed by atoms with Gasteiger partial charge in [0.2, 0.25) is 0 Å². The van der Waals surface area contributed by atoms with Crippen LogP contribution in [0.2, 0.25) is 0 Å². The molecule has 0 unspecified atom stereocenters. The summed E-state index contributed by atoms with van der Waals surface area (Å²) < 4.78 is 0. The first-order valence-electron chi connectivity index (χ1n) is 7.27. The van der Waals surface area contributed by atoms with Crippen molar-refractivity contribution in [2.75, 3.05) is 13.6 Å². The van der Waals surface area contributed by atoms with Crippen molar-refractivity contribution in [2.24, 2.45) is 17.6 Å². The SMILES string of the molecule is CC.CNC/C(N)=C/N[C@@H](CC(C)C)C(=O)C(C)C. The van der Waals surface area contributed by atoms with Gasteiger partial charge in [-0.25, -0.2) is 0 Å². The van der Waals surface area contributed by atoms with Crippen molar-refractivity contribution >= 4 is 5.78 Å². The molecule has 4 heteroatoms. The minimum Gasteiger partial charge on any atom is -0.400 e. The highest BCUT2D eigenvalue weighted by Gasteiger charge is 2.20. The molecule has 114 valence electrons. The van der Waals surface area contributed by atoms with E-state index in [1.165, 1.54) is 0 Å². The van der Waals surface area contributed by atoms with Crippen LogP contribution in [0.5, 0.6) is 0 Å². The molecule has 0 radical (unpaired) electrons. The Balaban J connectivity index is 0. The summed E-state index contributed by atoms with van der Waals surface area (Å²) in [6.45, 7) is 12.7. The maximum atomic E-state index is 12.0. The van der Waals surface area contributed by atoms with Crippen molar-refractivity contribution in [3.63, 3.8) is 0 Å². The van der Waals surface area contributed by atoms with E-state index in [0.29, 0.717) is 18.2 Å². The van der Waals surface area contributed by atoms with Gasteiger partial charge in [-0.2, -0.15) is 0 Å². The molecule has 0 aliphatic carbocycles. The van der Waals surface area contributed by atoms with Gasteiger partial charge in [0, 0.05) is 24.4 Å². The minimum atomic E-state index is -0.134. The number of ketones is 1. The fraction of sp³-hybridized carbons (Fsp3) is 0.800. The van der Waals surface area contributed by atoms with Crippen molar-refractivity contribution in [3.05, 3.63) is 11.9 Å². The molecular formula is C15H33N3O. The number of hydrogen-bond acceptors (Lipinski definition) is 4. The summed E-state index contributed by atoms with van der Waals surface area (Å²) in [6, 6.07) is -0.134. The molecule has 0 bridgehead atoms. The fourth-order valence-electron chi connectivity index (χ4n) is 1.60. The summed E-state index contributed by atoms with van der Waals surface area (Å²) in [4.78, 5) is 12.0. The number of rotatable bonds is 8. The maximum Gasteiger partial charge on any atom is 0.157 e. The summed E-state index contributed by atoms with van der Waals surface area (Å²) >= 11 is 0. The zero-order valence-corrected chi connectivity index (χ0v) is 13.7. The van der Waals surface area contributed by atoms with Crippen LogP contribution >= 0.6 is 0 Å². The van der Waals surface area contributed by atoms with Gasteiger partial charge in [0.15, 0.2) is 5.78 Å². The highest BCUT2D eigenvalue weighted by molar-refractivity contribution is 5.85. The Labute approximate surface area is 119 Å². The Morgan fingerprint density at radius 2 is 1.74 bits per heavy atom. The highest BCUT2D eigenvalue weighted by atomic mass is 16.1.